The molecule has 3 aliphatic rings. The summed E-state index contributed by atoms with van der Waals surface area (Å²) >= 11 is 0. The van der Waals surface area contributed by atoms with E-state index < -0.39 is 0 Å². The van der Waals surface area contributed by atoms with Crippen LogP contribution >= 0.6 is 0 Å². The minimum atomic E-state index is -0.354. The van der Waals surface area contributed by atoms with Gasteiger partial charge in [0.1, 0.15) is 0 Å². The number of hydrogen-bond acceptors (Lipinski definition) is 6. The van der Waals surface area contributed by atoms with Crippen molar-refractivity contribution in [1.29, 1.82) is 0 Å². The molecule has 36 heavy (non-hydrogen) atoms. The summed E-state index contributed by atoms with van der Waals surface area (Å²) in [5, 5.41) is 0.855. The molecule has 0 fully saturated rings. The number of nitrogens with zero attached hydrogens (tertiary/aromatic N) is 3. The number of rotatable bonds is 2. The van der Waals surface area contributed by atoms with Crippen LogP contribution in [0.2, 0.25) is 0 Å². The summed E-state index contributed by atoms with van der Waals surface area (Å²) in [4.78, 5) is 62.4. The molecule has 7 nitrogen and oxygen atoms in total. The molecule has 0 N–H and O–H groups in total. The van der Waals surface area contributed by atoms with Crippen molar-refractivity contribution in [3.05, 3.63) is 129 Å². The second-order valence-electron chi connectivity index (χ2n) is 8.88. The van der Waals surface area contributed by atoms with Gasteiger partial charge in [0, 0.05) is 11.1 Å². The normalized spacial score (nSPS) is 14.8. The lowest BCUT2D eigenvalue weighted by Gasteiger charge is -2.18. The summed E-state index contributed by atoms with van der Waals surface area (Å²) in [7, 11) is 0. The van der Waals surface area contributed by atoms with E-state index in [2.05, 4.69) is 9.98 Å². The van der Waals surface area contributed by atoms with E-state index in [-0.39, 0.29) is 29.9 Å². The number of carbonyl (C=O) groups excluding carboxylic acids is 4. The Balaban J connectivity index is 1.28. The average Bonchev–Trinajstić information content (AvgIpc) is 3.14. The molecule has 7 rings (SSSR count). The molecular weight excluding hydrogens is 454 g/mol. The van der Waals surface area contributed by atoms with E-state index in [4.69, 9.17) is 0 Å². The predicted molar refractivity (Wildman–Crippen MR) is 128 cm³/mol. The van der Waals surface area contributed by atoms with Gasteiger partial charge in [-0.2, -0.15) is 0 Å². The molecule has 2 amide bonds. The fourth-order valence-electron chi connectivity index (χ4n) is 4.96. The molecule has 0 aromatic heterocycles. The highest BCUT2D eigenvalue weighted by atomic mass is 16.2. The lowest BCUT2D eigenvalue weighted by Crippen LogP contribution is -2.30. The Hall–Kier alpha value is -5.04. The quantitative estimate of drug-likeness (QED) is 0.363. The van der Waals surface area contributed by atoms with Crippen molar-refractivity contribution in [2.24, 2.45) is 9.98 Å². The first-order chi connectivity index (χ1) is 17.5. The van der Waals surface area contributed by atoms with E-state index in [1.165, 1.54) is 4.90 Å². The van der Waals surface area contributed by atoms with Gasteiger partial charge in [0.05, 0.1) is 50.9 Å². The van der Waals surface area contributed by atoms with Crippen LogP contribution < -0.4 is 10.7 Å². The van der Waals surface area contributed by atoms with Crippen LogP contribution in [0, 0.1) is 0 Å². The number of imide groups is 1. The topological polar surface area (TPSA) is 96.2 Å². The third kappa shape index (κ3) is 2.80. The summed E-state index contributed by atoms with van der Waals surface area (Å²) in [6, 6.07) is 22.2. The molecular formula is C29H15N3O4. The van der Waals surface area contributed by atoms with Gasteiger partial charge in [-0.15, -0.1) is 0 Å². The molecule has 4 aromatic rings. The largest absolute Gasteiger partial charge is 0.288 e. The Morgan fingerprint density at radius 2 is 1.06 bits per heavy atom. The summed E-state index contributed by atoms with van der Waals surface area (Å²) in [6.45, 7) is 0.0462. The van der Waals surface area contributed by atoms with Crippen molar-refractivity contribution in [3.8, 4) is 0 Å². The van der Waals surface area contributed by atoms with Crippen LogP contribution in [0.4, 0.5) is 11.4 Å². The molecule has 0 aliphatic carbocycles. The summed E-state index contributed by atoms with van der Waals surface area (Å²) in [5.74, 6) is -1.10. The van der Waals surface area contributed by atoms with Crippen molar-refractivity contribution in [1.82, 2.24) is 4.90 Å². The fourth-order valence-corrected chi connectivity index (χ4v) is 4.96. The lowest BCUT2D eigenvalue weighted by atomic mass is 9.92. The monoisotopic (exact) mass is 469 g/mol. The number of hydrogen-bond donors (Lipinski definition) is 0. The highest BCUT2D eigenvalue weighted by Gasteiger charge is 2.35. The molecule has 0 spiro atoms. The SMILES string of the molecule is O=C1c2ccccc2N=c2cc3c(cc21)=Nc1ccc(CN2C(=O)c4ccccc4C2=O)cc1C3=O. The summed E-state index contributed by atoms with van der Waals surface area (Å²) in [5.41, 5.74) is 4.10. The minimum Gasteiger partial charge on any atom is -0.288 e. The number of para-hydroxylation sites is 1. The van der Waals surface area contributed by atoms with Crippen LogP contribution in [0.15, 0.2) is 88.8 Å². The molecule has 3 aliphatic heterocycles. The van der Waals surface area contributed by atoms with Crippen LogP contribution in [0.3, 0.4) is 0 Å². The van der Waals surface area contributed by atoms with Crippen molar-refractivity contribution < 1.29 is 19.2 Å². The van der Waals surface area contributed by atoms with Gasteiger partial charge in [0.15, 0.2) is 11.6 Å². The zero-order valence-corrected chi connectivity index (χ0v) is 18.7. The molecule has 170 valence electrons. The molecule has 0 atom stereocenters. The number of ketones is 2. The second kappa shape index (κ2) is 7.23. The van der Waals surface area contributed by atoms with Crippen molar-refractivity contribution >= 4 is 34.8 Å². The van der Waals surface area contributed by atoms with Crippen LogP contribution in [-0.4, -0.2) is 28.3 Å². The summed E-state index contributed by atoms with van der Waals surface area (Å²) in [6.07, 6.45) is 0. The highest BCUT2D eigenvalue weighted by Crippen LogP contribution is 2.30. The molecule has 0 saturated heterocycles. The molecule has 0 unspecified atom stereocenters. The van der Waals surface area contributed by atoms with Crippen LogP contribution in [0.5, 0.6) is 0 Å². The lowest BCUT2D eigenvalue weighted by molar-refractivity contribution is 0.0642. The van der Waals surface area contributed by atoms with Crippen LogP contribution in [-0.2, 0) is 6.54 Å². The van der Waals surface area contributed by atoms with Crippen molar-refractivity contribution in [2.45, 2.75) is 6.54 Å². The molecule has 3 heterocycles. The van der Waals surface area contributed by atoms with Gasteiger partial charge in [-0.3, -0.25) is 24.1 Å². The zero-order valence-electron chi connectivity index (χ0n) is 18.7. The Labute approximate surface area is 204 Å². The smallest absolute Gasteiger partial charge is 0.261 e. The number of benzene rings is 4. The summed E-state index contributed by atoms with van der Waals surface area (Å²) < 4.78 is 0. The fraction of sp³-hybridized carbons (Fsp3) is 0.0345. The van der Waals surface area contributed by atoms with E-state index in [0.29, 0.717) is 61.0 Å². The minimum absolute atomic E-state index is 0.0462. The first kappa shape index (κ1) is 20.3. The van der Waals surface area contributed by atoms with E-state index >= 15 is 0 Å². The van der Waals surface area contributed by atoms with Gasteiger partial charge in [0.25, 0.3) is 11.8 Å². The van der Waals surface area contributed by atoms with E-state index in [9.17, 15) is 19.2 Å². The van der Waals surface area contributed by atoms with E-state index in [0.717, 1.165) is 0 Å². The Bertz CT molecular complexity index is 1820. The van der Waals surface area contributed by atoms with Gasteiger partial charge in [-0.1, -0.05) is 30.3 Å². The predicted octanol–water partition coefficient (Wildman–Crippen LogP) is 3.47. The Kier molecular flexibility index (Phi) is 4.08. The maximum absolute atomic E-state index is 13.5. The molecule has 7 heteroatoms. The third-order valence-corrected chi connectivity index (χ3v) is 6.76. The third-order valence-electron chi connectivity index (χ3n) is 6.76. The highest BCUT2D eigenvalue weighted by molar-refractivity contribution is 6.21. The van der Waals surface area contributed by atoms with Gasteiger partial charge in [0.2, 0.25) is 0 Å². The first-order valence-corrected chi connectivity index (χ1v) is 11.4. The number of carbonyl (C=O) groups is 4. The maximum Gasteiger partial charge on any atom is 0.261 e. The molecule has 0 saturated carbocycles. The Morgan fingerprint density at radius 1 is 0.528 bits per heavy atom. The zero-order chi connectivity index (χ0) is 24.6. The van der Waals surface area contributed by atoms with Crippen LogP contribution in [0.1, 0.15) is 58.1 Å². The van der Waals surface area contributed by atoms with Crippen LogP contribution in [0.25, 0.3) is 0 Å². The van der Waals surface area contributed by atoms with Gasteiger partial charge in [-0.05, 0) is 54.1 Å². The van der Waals surface area contributed by atoms with Gasteiger partial charge < -0.3 is 0 Å². The van der Waals surface area contributed by atoms with Gasteiger partial charge in [-0.25, -0.2) is 9.98 Å². The second-order valence-corrected chi connectivity index (χ2v) is 8.88. The van der Waals surface area contributed by atoms with Crippen molar-refractivity contribution in [2.75, 3.05) is 0 Å². The maximum atomic E-state index is 13.5. The first-order valence-electron chi connectivity index (χ1n) is 11.4. The molecule has 4 aromatic carbocycles. The Morgan fingerprint density at radius 3 is 1.69 bits per heavy atom. The van der Waals surface area contributed by atoms with E-state index in [1.807, 2.05) is 6.07 Å². The van der Waals surface area contributed by atoms with Crippen molar-refractivity contribution in [3.63, 3.8) is 0 Å². The molecule has 0 bridgehead atoms. The standard InChI is InChI=1S/C29H15N3O4/c33-26-18-7-3-4-8-22(18)30-24-13-21-25(12-20(24)26)31-23-10-9-15(11-19(23)27(21)34)14-32-28(35)16-5-1-2-6-17(16)29(32)36/h1-13H,14H2. The van der Waals surface area contributed by atoms with Gasteiger partial charge >= 0.3 is 0 Å². The van der Waals surface area contributed by atoms with E-state index in [1.54, 1.807) is 72.8 Å². The number of fused-ring (bicyclic) bond motifs is 5. The number of amides is 2. The average molecular weight is 469 g/mol. The molecule has 0 radical (unpaired) electrons.